The zero-order chi connectivity index (χ0) is 9.23. The molecule has 0 aromatic rings. The number of rotatable bonds is 3. The molecular formula is C8H15NO2. The van der Waals surface area contributed by atoms with Crippen molar-refractivity contribution in [2.75, 3.05) is 0 Å². The lowest BCUT2D eigenvalue weighted by molar-refractivity contribution is -0.140. The van der Waals surface area contributed by atoms with Crippen LogP contribution < -0.4 is 5.73 Å². The Bertz CT molecular complexity index is 185. The molecule has 1 atom stereocenters. The molecule has 1 unspecified atom stereocenters. The SMILES string of the molecule is C=C(C)C(C)(C)C(N)C(=O)O. The smallest absolute Gasteiger partial charge is 0.321 e. The average molecular weight is 157 g/mol. The summed E-state index contributed by atoms with van der Waals surface area (Å²) >= 11 is 0. The number of hydrogen-bond acceptors (Lipinski definition) is 2. The number of carboxylic acid groups (broad SMARTS) is 1. The van der Waals surface area contributed by atoms with Gasteiger partial charge in [0, 0.05) is 5.41 Å². The van der Waals surface area contributed by atoms with E-state index in [0.29, 0.717) is 0 Å². The molecule has 0 radical (unpaired) electrons. The van der Waals surface area contributed by atoms with E-state index in [9.17, 15) is 4.79 Å². The minimum absolute atomic E-state index is 0.536. The topological polar surface area (TPSA) is 63.3 Å². The molecule has 3 nitrogen and oxygen atoms in total. The molecular weight excluding hydrogens is 142 g/mol. The van der Waals surface area contributed by atoms with Crippen LogP contribution in [0.25, 0.3) is 0 Å². The molecule has 0 saturated heterocycles. The van der Waals surface area contributed by atoms with Crippen LogP contribution in [0.15, 0.2) is 12.2 Å². The number of carbonyl (C=O) groups is 1. The zero-order valence-electron chi connectivity index (χ0n) is 7.22. The van der Waals surface area contributed by atoms with E-state index in [-0.39, 0.29) is 0 Å². The molecule has 3 heteroatoms. The Labute approximate surface area is 66.9 Å². The standard InChI is InChI=1S/C8H15NO2/c1-5(2)8(3,4)6(9)7(10)11/h6H,1,9H2,2-4H3,(H,10,11). The van der Waals surface area contributed by atoms with Crippen molar-refractivity contribution in [1.29, 1.82) is 0 Å². The molecule has 64 valence electrons. The van der Waals surface area contributed by atoms with Crippen LogP contribution in [0.4, 0.5) is 0 Å². The van der Waals surface area contributed by atoms with Gasteiger partial charge in [-0.25, -0.2) is 0 Å². The molecule has 11 heavy (non-hydrogen) atoms. The van der Waals surface area contributed by atoms with Crippen LogP contribution in [-0.2, 0) is 4.79 Å². The van der Waals surface area contributed by atoms with E-state index in [4.69, 9.17) is 10.8 Å². The molecule has 0 aromatic heterocycles. The molecule has 0 rings (SSSR count). The van der Waals surface area contributed by atoms with Crippen LogP contribution in [0.5, 0.6) is 0 Å². The fourth-order valence-corrected chi connectivity index (χ4v) is 0.574. The third-order valence-electron chi connectivity index (χ3n) is 2.14. The molecule has 0 saturated carbocycles. The number of carboxylic acids is 1. The van der Waals surface area contributed by atoms with E-state index >= 15 is 0 Å². The van der Waals surface area contributed by atoms with Crippen molar-refractivity contribution >= 4 is 5.97 Å². The average Bonchev–Trinajstić information content (AvgIpc) is 1.85. The third kappa shape index (κ3) is 2.05. The molecule has 0 spiro atoms. The number of hydrogen-bond donors (Lipinski definition) is 2. The number of aliphatic carboxylic acids is 1. The minimum Gasteiger partial charge on any atom is -0.480 e. The van der Waals surface area contributed by atoms with E-state index in [0.717, 1.165) is 5.57 Å². The largest absolute Gasteiger partial charge is 0.480 e. The Kier molecular flexibility index (Phi) is 2.82. The first kappa shape index (κ1) is 10.2. The van der Waals surface area contributed by atoms with Gasteiger partial charge in [0.15, 0.2) is 0 Å². The first-order valence-electron chi connectivity index (χ1n) is 3.44. The van der Waals surface area contributed by atoms with Crippen molar-refractivity contribution in [2.45, 2.75) is 26.8 Å². The van der Waals surface area contributed by atoms with E-state index < -0.39 is 17.4 Å². The molecule has 0 heterocycles. The van der Waals surface area contributed by atoms with Crippen molar-refractivity contribution in [2.24, 2.45) is 11.1 Å². The lowest BCUT2D eigenvalue weighted by Crippen LogP contribution is -2.44. The quantitative estimate of drug-likeness (QED) is 0.601. The lowest BCUT2D eigenvalue weighted by atomic mass is 9.79. The van der Waals surface area contributed by atoms with E-state index in [1.807, 2.05) is 0 Å². The zero-order valence-corrected chi connectivity index (χ0v) is 7.22. The predicted octanol–water partition coefficient (Wildman–Crippen LogP) is 1.00. The van der Waals surface area contributed by atoms with Gasteiger partial charge >= 0.3 is 5.97 Å². The van der Waals surface area contributed by atoms with E-state index in [1.165, 1.54) is 0 Å². The van der Waals surface area contributed by atoms with Gasteiger partial charge in [0.2, 0.25) is 0 Å². The fourth-order valence-electron chi connectivity index (χ4n) is 0.574. The summed E-state index contributed by atoms with van der Waals surface area (Å²) in [4.78, 5) is 10.5. The van der Waals surface area contributed by atoms with Gasteiger partial charge in [0.1, 0.15) is 6.04 Å². The minimum atomic E-state index is -0.988. The summed E-state index contributed by atoms with van der Waals surface area (Å²) in [7, 11) is 0. The van der Waals surface area contributed by atoms with Gasteiger partial charge in [-0.3, -0.25) is 4.79 Å². The highest BCUT2D eigenvalue weighted by Crippen LogP contribution is 2.27. The highest BCUT2D eigenvalue weighted by molar-refractivity contribution is 5.74. The normalized spacial score (nSPS) is 14.2. The Morgan fingerprint density at radius 2 is 2.00 bits per heavy atom. The van der Waals surface area contributed by atoms with Crippen LogP contribution in [0.3, 0.4) is 0 Å². The van der Waals surface area contributed by atoms with Gasteiger partial charge in [0.05, 0.1) is 0 Å². The molecule has 0 aliphatic rings. The van der Waals surface area contributed by atoms with Gasteiger partial charge in [-0.2, -0.15) is 0 Å². The molecule has 3 N–H and O–H groups in total. The summed E-state index contributed by atoms with van der Waals surface area (Å²) in [6.45, 7) is 9.01. The Morgan fingerprint density at radius 1 is 1.64 bits per heavy atom. The van der Waals surface area contributed by atoms with Crippen molar-refractivity contribution in [3.05, 3.63) is 12.2 Å². The Balaban J connectivity index is 4.55. The summed E-state index contributed by atoms with van der Waals surface area (Å²) in [6.07, 6.45) is 0. The molecule has 0 amide bonds. The van der Waals surface area contributed by atoms with Crippen LogP contribution in [0.1, 0.15) is 20.8 Å². The molecule has 0 bridgehead atoms. The van der Waals surface area contributed by atoms with Gasteiger partial charge in [-0.05, 0) is 6.92 Å². The highest BCUT2D eigenvalue weighted by atomic mass is 16.4. The predicted molar refractivity (Wildman–Crippen MR) is 44.2 cm³/mol. The maximum atomic E-state index is 10.5. The second-order valence-electron chi connectivity index (χ2n) is 3.32. The van der Waals surface area contributed by atoms with Gasteiger partial charge in [-0.1, -0.05) is 26.0 Å². The Hall–Kier alpha value is -0.830. The van der Waals surface area contributed by atoms with Crippen LogP contribution in [0.2, 0.25) is 0 Å². The van der Waals surface area contributed by atoms with Crippen LogP contribution in [-0.4, -0.2) is 17.1 Å². The second-order valence-corrected chi connectivity index (χ2v) is 3.32. The maximum absolute atomic E-state index is 10.5. The fraction of sp³-hybridized carbons (Fsp3) is 0.625. The summed E-state index contributed by atoms with van der Waals surface area (Å²) in [5.74, 6) is -0.988. The van der Waals surface area contributed by atoms with E-state index in [1.54, 1.807) is 20.8 Å². The molecule has 0 aliphatic carbocycles. The summed E-state index contributed by atoms with van der Waals surface area (Å²) in [6, 6.07) is -0.875. The van der Waals surface area contributed by atoms with Gasteiger partial charge in [0.25, 0.3) is 0 Å². The van der Waals surface area contributed by atoms with Crippen molar-refractivity contribution in [3.63, 3.8) is 0 Å². The van der Waals surface area contributed by atoms with Crippen molar-refractivity contribution < 1.29 is 9.90 Å². The van der Waals surface area contributed by atoms with E-state index in [2.05, 4.69) is 6.58 Å². The Morgan fingerprint density at radius 3 is 2.09 bits per heavy atom. The molecule has 0 fully saturated rings. The molecule has 0 aromatic carbocycles. The third-order valence-corrected chi connectivity index (χ3v) is 2.14. The van der Waals surface area contributed by atoms with Crippen LogP contribution in [0, 0.1) is 5.41 Å². The highest BCUT2D eigenvalue weighted by Gasteiger charge is 2.32. The van der Waals surface area contributed by atoms with Crippen molar-refractivity contribution in [1.82, 2.24) is 0 Å². The monoisotopic (exact) mass is 157 g/mol. The molecule has 0 aliphatic heterocycles. The van der Waals surface area contributed by atoms with Crippen molar-refractivity contribution in [3.8, 4) is 0 Å². The van der Waals surface area contributed by atoms with Gasteiger partial charge < -0.3 is 10.8 Å². The maximum Gasteiger partial charge on any atom is 0.321 e. The number of nitrogens with two attached hydrogens (primary N) is 1. The summed E-state index contributed by atoms with van der Waals surface area (Å²) < 4.78 is 0. The summed E-state index contributed by atoms with van der Waals surface area (Å²) in [5, 5.41) is 8.60. The lowest BCUT2D eigenvalue weighted by Gasteiger charge is -2.28. The second kappa shape index (κ2) is 3.05. The first-order chi connectivity index (χ1) is 4.80. The van der Waals surface area contributed by atoms with Gasteiger partial charge in [-0.15, -0.1) is 0 Å². The first-order valence-corrected chi connectivity index (χ1v) is 3.44. The summed E-state index contributed by atoms with van der Waals surface area (Å²) in [5.41, 5.74) is 5.68. The van der Waals surface area contributed by atoms with Crippen LogP contribution >= 0.6 is 0 Å².